The third-order valence-electron chi connectivity index (χ3n) is 3.75. The summed E-state index contributed by atoms with van der Waals surface area (Å²) in [5.41, 5.74) is 5.85. The summed E-state index contributed by atoms with van der Waals surface area (Å²) in [6.07, 6.45) is 2.77. The van der Waals surface area contributed by atoms with E-state index in [2.05, 4.69) is 24.1 Å². The Labute approximate surface area is 123 Å². The summed E-state index contributed by atoms with van der Waals surface area (Å²) in [5.74, 6) is 0.595. The molecule has 0 aliphatic carbocycles. The SMILES string of the molecule is CCC[C@@H](N)C(=O)NCC(CC(C)C)N1CCOCC1. The Balaban J connectivity index is 2.45. The number of carbonyl (C=O) groups is 1. The molecule has 0 bridgehead atoms. The lowest BCUT2D eigenvalue weighted by atomic mass is 10.0. The van der Waals surface area contributed by atoms with E-state index in [-0.39, 0.29) is 11.9 Å². The molecule has 2 atom stereocenters. The number of hydrogen-bond acceptors (Lipinski definition) is 4. The topological polar surface area (TPSA) is 67.6 Å². The van der Waals surface area contributed by atoms with Gasteiger partial charge in [-0.2, -0.15) is 0 Å². The van der Waals surface area contributed by atoms with Crippen molar-refractivity contribution in [3.05, 3.63) is 0 Å². The van der Waals surface area contributed by atoms with E-state index in [1.54, 1.807) is 0 Å². The van der Waals surface area contributed by atoms with Crippen LogP contribution in [0.15, 0.2) is 0 Å². The molecule has 1 saturated heterocycles. The van der Waals surface area contributed by atoms with Gasteiger partial charge in [-0.3, -0.25) is 9.69 Å². The molecule has 3 N–H and O–H groups in total. The van der Waals surface area contributed by atoms with Crippen molar-refractivity contribution in [2.45, 2.75) is 52.1 Å². The molecule has 0 aromatic heterocycles. The minimum absolute atomic E-state index is 0.0196. The van der Waals surface area contributed by atoms with Crippen molar-refractivity contribution in [1.82, 2.24) is 10.2 Å². The van der Waals surface area contributed by atoms with E-state index < -0.39 is 0 Å². The number of morpholine rings is 1. The first-order chi connectivity index (χ1) is 9.54. The van der Waals surface area contributed by atoms with Crippen LogP contribution in [0.5, 0.6) is 0 Å². The van der Waals surface area contributed by atoms with Crippen molar-refractivity contribution < 1.29 is 9.53 Å². The Morgan fingerprint density at radius 2 is 2.00 bits per heavy atom. The Kier molecular flexibility index (Phi) is 8.11. The quantitative estimate of drug-likeness (QED) is 0.697. The van der Waals surface area contributed by atoms with Crippen molar-refractivity contribution in [2.24, 2.45) is 11.7 Å². The Morgan fingerprint density at radius 1 is 1.35 bits per heavy atom. The maximum absolute atomic E-state index is 11.9. The fourth-order valence-electron chi connectivity index (χ4n) is 2.64. The highest BCUT2D eigenvalue weighted by Gasteiger charge is 2.23. The molecule has 0 radical (unpaired) electrons. The number of rotatable bonds is 8. The van der Waals surface area contributed by atoms with Gasteiger partial charge < -0.3 is 15.8 Å². The molecule has 0 aromatic rings. The van der Waals surface area contributed by atoms with Crippen molar-refractivity contribution in [3.8, 4) is 0 Å². The first kappa shape index (κ1) is 17.4. The minimum Gasteiger partial charge on any atom is -0.379 e. The Hall–Kier alpha value is -0.650. The zero-order chi connectivity index (χ0) is 15.0. The molecule has 0 saturated carbocycles. The number of ether oxygens (including phenoxy) is 1. The summed E-state index contributed by atoms with van der Waals surface area (Å²) >= 11 is 0. The van der Waals surface area contributed by atoms with Gasteiger partial charge in [0.05, 0.1) is 19.3 Å². The zero-order valence-electron chi connectivity index (χ0n) is 13.2. The molecule has 1 unspecified atom stereocenters. The molecular weight excluding hydrogens is 254 g/mol. The van der Waals surface area contributed by atoms with Gasteiger partial charge in [0.25, 0.3) is 0 Å². The van der Waals surface area contributed by atoms with Crippen LogP contribution in [0.25, 0.3) is 0 Å². The van der Waals surface area contributed by atoms with Crippen LogP contribution in [0, 0.1) is 5.92 Å². The number of nitrogens with two attached hydrogens (primary N) is 1. The largest absolute Gasteiger partial charge is 0.379 e. The Morgan fingerprint density at radius 3 is 2.55 bits per heavy atom. The first-order valence-electron chi connectivity index (χ1n) is 7.89. The van der Waals surface area contributed by atoms with E-state index >= 15 is 0 Å². The van der Waals surface area contributed by atoms with Gasteiger partial charge in [-0.15, -0.1) is 0 Å². The first-order valence-corrected chi connectivity index (χ1v) is 7.89. The summed E-state index contributed by atoms with van der Waals surface area (Å²) in [7, 11) is 0. The van der Waals surface area contributed by atoms with Gasteiger partial charge in [-0.25, -0.2) is 0 Å². The van der Waals surface area contributed by atoms with Crippen LogP contribution in [0.4, 0.5) is 0 Å². The van der Waals surface area contributed by atoms with E-state index in [4.69, 9.17) is 10.5 Å². The molecule has 0 aromatic carbocycles. The zero-order valence-corrected chi connectivity index (χ0v) is 13.2. The number of nitrogens with one attached hydrogen (secondary N) is 1. The van der Waals surface area contributed by atoms with Gasteiger partial charge in [0.2, 0.25) is 5.91 Å². The third-order valence-corrected chi connectivity index (χ3v) is 3.75. The van der Waals surface area contributed by atoms with Gasteiger partial charge in [-0.05, 0) is 18.8 Å². The number of hydrogen-bond donors (Lipinski definition) is 2. The normalized spacial score (nSPS) is 19.9. The predicted octanol–water partition coefficient (Wildman–Crippen LogP) is 0.977. The summed E-state index contributed by atoms with van der Waals surface area (Å²) in [5, 5.41) is 3.02. The Bertz CT molecular complexity index is 278. The second kappa shape index (κ2) is 9.32. The average Bonchev–Trinajstić information content (AvgIpc) is 2.44. The molecule has 1 fully saturated rings. The van der Waals surface area contributed by atoms with Gasteiger partial charge in [0, 0.05) is 25.7 Å². The fourth-order valence-corrected chi connectivity index (χ4v) is 2.64. The van der Waals surface area contributed by atoms with Crippen LogP contribution in [0.1, 0.15) is 40.0 Å². The van der Waals surface area contributed by atoms with Crippen molar-refractivity contribution in [3.63, 3.8) is 0 Å². The van der Waals surface area contributed by atoms with E-state index in [1.807, 2.05) is 6.92 Å². The van der Waals surface area contributed by atoms with Gasteiger partial charge in [0.1, 0.15) is 0 Å². The van der Waals surface area contributed by atoms with Crippen molar-refractivity contribution >= 4 is 5.91 Å². The average molecular weight is 285 g/mol. The monoisotopic (exact) mass is 285 g/mol. The second-order valence-corrected chi connectivity index (χ2v) is 6.07. The summed E-state index contributed by atoms with van der Waals surface area (Å²) in [6, 6.07) is 0.0149. The highest BCUT2D eigenvalue weighted by Crippen LogP contribution is 2.13. The molecule has 5 heteroatoms. The molecule has 5 nitrogen and oxygen atoms in total. The van der Waals surface area contributed by atoms with Gasteiger partial charge >= 0.3 is 0 Å². The number of carbonyl (C=O) groups excluding carboxylic acids is 1. The van der Waals surface area contributed by atoms with E-state index in [9.17, 15) is 4.79 Å². The fraction of sp³-hybridized carbons (Fsp3) is 0.933. The summed E-state index contributed by atoms with van der Waals surface area (Å²) < 4.78 is 5.40. The van der Waals surface area contributed by atoms with Crippen LogP contribution in [0.2, 0.25) is 0 Å². The smallest absolute Gasteiger partial charge is 0.236 e. The van der Waals surface area contributed by atoms with Crippen LogP contribution in [-0.4, -0.2) is 55.7 Å². The van der Waals surface area contributed by atoms with E-state index in [1.165, 1.54) is 0 Å². The lowest BCUT2D eigenvalue weighted by molar-refractivity contribution is -0.122. The van der Waals surface area contributed by atoms with Crippen LogP contribution in [0.3, 0.4) is 0 Å². The highest BCUT2D eigenvalue weighted by molar-refractivity contribution is 5.81. The standard InChI is InChI=1S/C15H31N3O2/c1-4-5-14(16)15(19)17-11-13(10-12(2)3)18-6-8-20-9-7-18/h12-14H,4-11,16H2,1-3H3,(H,17,19)/t13?,14-/m1/s1. The van der Waals surface area contributed by atoms with E-state index in [0.717, 1.165) is 45.6 Å². The van der Waals surface area contributed by atoms with Crippen LogP contribution < -0.4 is 11.1 Å². The molecule has 1 aliphatic heterocycles. The van der Waals surface area contributed by atoms with Crippen molar-refractivity contribution in [2.75, 3.05) is 32.8 Å². The maximum Gasteiger partial charge on any atom is 0.236 e. The molecular formula is C15H31N3O2. The molecule has 0 spiro atoms. The minimum atomic E-state index is -0.371. The van der Waals surface area contributed by atoms with Crippen LogP contribution >= 0.6 is 0 Å². The lowest BCUT2D eigenvalue weighted by Crippen LogP contribution is -2.51. The number of nitrogens with zero attached hydrogens (tertiary/aromatic N) is 1. The summed E-state index contributed by atoms with van der Waals surface area (Å²) in [4.78, 5) is 14.4. The van der Waals surface area contributed by atoms with Gasteiger partial charge in [-0.1, -0.05) is 27.2 Å². The maximum atomic E-state index is 11.9. The molecule has 1 amide bonds. The molecule has 20 heavy (non-hydrogen) atoms. The summed E-state index contributed by atoms with van der Waals surface area (Å²) in [6.45, 7) is 10.7. The van der Waals surface area contributed by atoms with Crippen LogP contribution in [-0.2, 0) is 9.53 Å². The molecule has 118 valence electrons. The second-order valence-electron chi connectivity index (χ2n) is 6.07. The lowest BCUT2D eigenvalue weighted by Gasteiger charge is -2.35. The molecule has 1 heterocycles. The third kappa shape index (κ3) is 6.20. The molecule has 1 rings (SSSR count). The van der Waals surface area contributed by atoms with Crippen molar-refractivity contribution in [1.29, 1.82) is 0 Å². The predicted molar refractivity (Wildman–Crippen MR) is 81.5 cm³/mol. The number of amides is 1. The highest BCUT2D eigenvalue weighted by atomic mass is 16.5. The molecule has 1 aliphatic rings. The van der Waals surface area contributed by atoms with E-state index in [0.29, 0.717) is 18.5 Å². The van der Waals surface area contributed by atoms with Gasteiger partial charge in [0.15, 0.2) is 0 Å².